The van der Waals surface area contributed by atoms with Crippen molar-refractivity contribution in [1.82, 2.24) is 14.6 Å². The molecule has 2 heterocycles. The second-order valence-corrected chi connectivity index (χ2v) is 8.73. The van der Waals surface area contributed by atoms with E-state index in [2.05, 4.69) is 5.16 Å². The smallest absolute Gasteiger partial charge is 0.361 e. The number of hydrogen-bond acceptors (Lipinski definition) is 3. The zero-order valence-electron chi connectivity index (χ0n) is 18.5. The van der Waals surface area contributed by atoms with Gasteiger partial charge in [0.05, 0.1) is 6.54 Å². The molecule has 1 amide bonds. The molecule has 5 nitrogen and oxygen atoms in total. The predicted molar refractivity (Wildman–Crippen MR) is 116 cm³/mol. The lowest BCUT2D eigenvalue weighted by Crippen LogP contribution is -2.30. The summed E-state index contributed by atoms with van der Waals surface area (Å²) in [7, 11) is 1.54. The highest BCUT2D eigenvalue weighted by atomic mass is 35.5. The number of halogens is 4. The highest BCUT2D eigenvalue weighted by molar-refractivity contribution is 6.30. The molecule has 3 aromatic rings. The lowest BCUT2D eigenvalue weighted by atomic mass is 10.00. The van der Waals surface area contributed by atoms with Crippen molar-refractivity contribution in [2.75, 3.05) is 7.05 Å². The van der Waals surface area contributed by atoms with Crippen LogP contribution in [0.2, 0.25) is 5.02 Å². The molecular formula is C23H25ClF3N3O2. The van der Waals surface area contributed by atoms with Gasteiger partial charge in [-0.15, -0.1) is 0 Å². The van der Waals surface area contributed by atoms with E-state index in [1.54, 1.807) is 37.3 Å². The normalized spacial score (nSPS) is 11.9. The van der Waals surface area contributed by atoms with Crippen molar-refractivity contribution in [3.05, 3.63) is 63.8 Å². The van der Waals surface area contributed by atoms with E-state index in [9.17, 15) is 18.0 Å². The lowest BCUT2D eigenvalue weighted by molar-refractivity contribution is -0.144. The zero-order valence-corrected chi connectivity index (χ0v) is 19.3. The fourth-order valence-electron chi connectivity index (χ4n) is 3.84. The van der Waals surface area contributed by atoms with Crippen molar-refractivity contribution >= 4 is 17.5 Å². The number of benzene rings is 1. The van der Waals surface area contributed by atoms with Crippen LogP contribution < -0.4 is 0 Å². The maximum absolute atomic E-state index is 14.2. The summed E-state index contributed by atoms with van der Waals surface area (Å²) in [6.45, 7) is 6.90. The molecular weight excluding hydrogens is 443 g/mol. The number of carbonyl (C=O) groups is 1. The molecule has 0 unspecified atom stereocenters. The lowest BCUT2D eigenvalue weighted by Gasteiger charge is -2.21. The maximum Gasteiger partial charge on any atom is 0.431 e. The van der Waals surface area contributed by atoms with Crippen LogP contribution in [0.3, 0.4) is 0 Å². The Morgan fingerprint density at radius 2 is 1.84 bits per heavy atom. The average molecular weight is 468 g/mol. The molecule has 2 aromatic heterocycles. The molecule has 0 N–H and O–H groups in total. The van der Waals surface area contributed by atoms with Gasteiger partial charge < -0.3 is 14.0 Å². The largest absolute Gasteiger partial charge is 0.431 e. The third-order valence-corrected chi connectivity index (χ3v) is 5.33. The molecule has 0 spiro atoms. The van der Waals surface area contributed by atoms with Crippen LogP contribution in [0, 0.1) is 19.8 Å². The van der Waals surface area contributed by atoms with Crippen LogP contribution in [-0.2, 0) is 19.3 Å². The van der Waals surface area contributed by atoms with Gasteiger partial charge in [-0.2, -0.15) is 13.2 Å². The first-order valence-corrected chi connectivity index (χ1v) is 10.5. The second kappa shape index (κ2) is 9.02. The fraction of sp³-hybridized carbons (Fsp3) is 0.391. The number of nitrogens with zero attached hydrogens (tertiary/aromatic N) is 3. The van der Waals surface area contributed by atoms with Gasteiger partial charge in [0.25, 0.3) is 5.91 Å². The van der Waals surface area contributed by atoms with Crippen molar-refractivity contribution in [2.24, 2.45) is 5.92 Å². The minimum atomic E-state index is -4.62. The van der Waals surface area contributed by atoms with Crippen LogP contribution in [0.25, 0.3) is 11.1 Å². The Labute approximate surface area is 189 Å². The van der Waals surface area contributed by atoms with Gasteiger partial charge >= 0.3 is 6.18 Å². The highest BCUT2D eigenvalue weighted by Crippen LogP contribution is 2.42. The summed E-state index contributed by atoms with van der Waals surface area (Å²) in [5, 5.41) is 4.34. The third kappa shape index (κ3) is 4.85. The van der Waals surface area contributed by atoms with Crippen LogP contribution in [0.4, 0.5) is 13.2 Å². The van der Waals surface area contributed by atoms with Crippen molar-refractivity contribution in [1.29, 1.82) is 0 Å². The molecule has 1 aromatic carbocycles. The first kappa shape index (κ1) is 23.9. The van der Waals surface area contributed by atoms with Gasteiger partial charge in [0.1, 0.15) is 22.8 Å². The van der Waals surface area contributed by atoms with E-state index in [0.29, 0.717) is 22.0 Å². The molecule has 0 aliphatic carbocycles. The molecule has 0 bridgehead atoms. The minimum absolute atomic E-state index is 0.00596. The number of hydrogen-bond donors (Lipinski definition) is 0. The van der Waals surface area contributed by atoms with Gasteiger partial charge in [-0.05, 0) is 43.0 Å². The van der Waals surface area contributed by atoms with Gasteiger partial charge in [-0.3, -0.25) is 4.79 Å². The Morgan fingerprint density at radius 3 is 2.34 bits per heavy atom. The van der Waals surface area contributed by atoms with E-state index in [1.165, 1.54) is 18.9 Å². The van der Waals surface area contributed by atoms with Crippen LogP contribution in [0.15, 0.2) is 34.9 Å². The molecule has 0 atom stereocenters. The van der Waals surface area contributed by atoms with Gasteiger partial charge in [-0.25, -0.2) is 0 Å². The number of aryl methyl sites for hydroxylation is 1. The highest BCUT2D eigenvalue weighted by Gasteiger charge is 2.41. The molecule has 0 saturated carbocycles. The summed E-state index contributed by atoms with van der Waals surface area (Å²) in [5.74, 6) is -0.0630. The molecule has 0 aliphatic rings. The number of alkyl halides is 3. The van der Waals surface area contributed by atoms with Crippen molar-refractivity contribution < 1.29 is 22.5 Å². The molecule has 172 valence electrons. The van der Waals surface area contributed by atoms with Crippen molar-refractivity contribution in [2.45, 2.75) is 47.0 Å². The Balaban J connectivity index is 2.22. The number of amides is 1. The summed E-state index contributed by atoms with van der Waals surface area (Å²) in [6, 6.07) is 8.13. The van der Waals surface area contributed by atoms with Crippen LogP contribution in [-0.4, -0.2) is 27.6 Å². The molecule has 0 saturated heterocycles. The third-order valence-electron chi connectivity index (χ3n) is 5.08. The molecule has 32 heavy (non-hydrogen) atoms. The van der Waals surface area contributed by atoms with E-state index < -0.39 is 17.8 Å². The maximum atomic E-state index is 14.2. The van der Waals surface area contributed by atoms with E-state index in [4.69, 9.17) is 16.1 Å². The Hall–Kier alpha value is -2.74. The minimum Gasteiger partial charge on any atom is -0.361 e. The Kier molecular flexibility index (Phi) is 6.74. The number of aromatic nitrogens is 2. The van der Waals surface area contributed by atoms with E-state index in [-0.39, 0.29) is 35.8 Å². The van der Waals surface area contributed by atoms with Gasteiger partial charge in [0, 0.05) is 30.2 Å². The first-order valence-electron chi connectivity index (χ1n) is 10.1. The standard InChI is InChI=1S/C23H25ClF3N3O2/c1-13(2)11-30-20(22(31)29(5)12-18-10-14(3)32-28-18)19(15(4)21(30)23(25,26)27)16-6-8-17(24)9-7-16/h6-10,13H,11-12H2,1-5H3. The molecule has 0 radical (unpaired) electrons. The fourth-order valence-corrected chi connectivity index (χ4v) is 3.96. The van der Waals surface area contributed by atoms with Crippen molar-refractivity contribution in [3.63, 3.8) is 0 Å². The van der Waals surface area contributed by atoms with Crippen LogP contribution >= 0.6 is 11.6 Å². The monoisotopic (exact) mass is 467 g/mol. The van der Waals surface area contributed by atoms with E-state index in [1.807, 2.05) is 13.8 Å². The number of rotatable bonds is 6. The van der Waals surface area contributed by atoms with E-state index in [0.717, 1.165) is 4.57 Å². The molecule has 0 fully saturated rings. The number of carbonyl (C=O) groups excluding carboxylic acids is 1. The summed E-state index contributed by atoms with van der Waals surface area (Å²) >= 11 is 5.99. The Bertz CT molecular complexity index is 1110. The second-order valence-electron chi connectivity index (χ2n) is 8.30. The first-order chi connectivity index (χ1) is 14.9. The SMILES string of the molecule is Cc1cc(CN(C)C(=O)c2c(-c3ccc(Cl)cc3)c(C)c(C(F)(F)F)n2CC(C)C)no1. The summed E-state index contributed by atoms with van der Waals surface area (Å²) in [4.78, 5) is 14.9. The molecule has 0 aliphatic heterocycles. The van der Waals surface area contributed by atoms with E-state index >= 15 is 0 Å². The summed E-state index contributed by atoms with van der Waals surface area (Å²) < 4.78 is 48.6. The van der Waals surface area contributed by atoms with Crippen LogP contribution in [0.1, 0.15) is 47.0 Å². The Morgan fingerprint density at radius 1 is 1.22 bits per heavy atom. The zero-order chi connectivity index (χ0) is 23.8. The molecule has 9 heteroatoms. The van der Waals surface area contributed by atoms with Gasteiger partial charge in [0.2, 0.25) is 0 Å². The molecule has 3 rings (SSSR count). The quantitative estimate of drug-likeness (QED) is 0.424. The topological polar surface area (TPSA) is 51.3 Å². The van der Waals surface area contributed by atoms with Gasteiger partial charge in [-0.1, -0.05) is 42.7 Å². The summed E-state index contributed by atoms with van der Waals surface area (Å²) in [5.41, 5.74) is 0.450. The summed E-state index contributed by atoms with van der Waals surface area (Å²) in [6.07, 6.45) is -4.62. The van der Waals surface area contributed by atoms with Gasteiger partial charge in [0.15, 0.2) is 0 Å². The predicted octanol–water partition coefficient (Wildman–Crippen LogP) is 6.36. The average Bonchev–Trinajstić information content (AvgIpc) is 3.21. The van der Waals surface area contributed by atoms with Crippen molar-refractivity contribution in [3.8, 4) is 11.1 Å². The van der Waals surface area contributed by atoms with Crippen LogP contribution in [0.5, 0.6) is 0 Å².